The molecule has 0 fully saturated rings. The minimum absolute atomic E-state index is 0.214. The summed E-state index contributed by atoms with van der Waals surface area (Å²) in [5, 5.41) is 0. The van der Waals surface area contributed by atoms with E-state index >= 15 is 0 Å². The summed E-state index contributed by atoms with van der Waals surface area (Å²) < 4.78 is 13.3. The quantitative estimate of drug-likeness (QED) is 0.883. The topological polar surface area (TPSA) is 51.8 Å². The first kappa shape index (κ1) is 12.5. The normalized spacial score (nSPS) is 10.9. The van der Waals surface area contributed by atoms with Crippen molar-refractivity contribution in [2.24, 2.45) is 0 Å². The van der Waals surface area contributed by atoms with E-state index in [0.29, 0.717) is 11.4 Å². The van der Waals surface area contributed by atoms with Crippen molar-refractivity contribution in [2.75, 3.05) is 5.73 Å². The largest absolute Gasteiger partial charge is 0.383 e. The molecule has 0 spiro atoms. The van der Waals surface area contributed by atoms with Gasteiger partial charge in [-0.2, -0.15) is 0 Å². The van der Waals surface area contributed by atoms with Gasteiger partial charge in [-0.15, -0.1) is 0 Å². The van der Waals surface area contributed by atoms with Gasteiger partial charge < -0.3 is 5.73 Å². The molecule has 2 aromatic rings. The van der Waals surface area contributed by atoms with Gasteiger partial charge in [-0.1, -0.05) is 13.8 Å². The summed E-state index contributed by atoms with van der Waals surface area (Å²) in [7, 11) is 0. The molecule has 0 saturated carbocycles. The van der Waals surface area contributed by atoms with Crippen molar-refractivity contribution in [2.45, 2.75) is 26.7 Å². The van der Waals surface area contributed by atoms with Gasteiger partial charge in [0.05, 0.1) is 5.69 Å². The van der Waals surface area contributed by atoms with E-state index in [4.69, 9.17) is 5.73 Å². The molecule has 0 atom stereocenters. The van der Waals surface area contributed by atoms with Crippen LogP contribution < -0.4 is 5.73 Å². The molecular formula is C14H16FN3. The molecule has 2 rings (SSSR count). The lowest BCUT2D eigenvalue weighted by molar-refractivity contribution is 0.618. The molecule has 4 heteroatoms. The van der Waals surface area contributed by atoms with Gasteiger partial charge in [0.1, 0.15) is 18.0 Å². The Morgan fingerprint density at radius 1 is 1.22 bits per heavy atom. The SMILES string of the molecule is Cc1cc(-c2ncnc(N)c2C(C)C)ccc1F. The first-order valence-corrected chi connectivity index (χ1v) is 5.87. The minimum atomic E-state index is -0.216. The van der Waals surface area contributed by atoms with Crippen molar-refractivity contribution in [3.8, 4) is 11.3 Å². The van der Waals surface area contributed by atoms with Gasteiger partial charge >= 0.3 is 0 Å². The maximum atomic E-state index is 13.3. The number of benzene rings is 1. The molecule has 1 aromatic heterocycles. The Balaban J connectivity index is 2.63. The van der Waals surface area contributed by atoms with Gasteiger partial charge in [0.2, 0.25) is 0 Å². The molecule has 0 unspecified atom stereocenters. The third-order valence-corrected chi connectivity index (χ3v) is 2.92. The molecule has 0 aliphatic heterocycles. The zero-order chi connectivity index (χ0) is 13.3. The second-order valence-electron chi connectivity index (χ2n) is 4.64. The van der Waals surface area contributed by atoms with Crippen molar-refractivity contribution in [3.05, 3.63) is 41.5 Å². The average Bonchev–Trinajstić information content (AvgIpc) is 2.32. The summed E-state index contributed by atoms with van der Waals surface area (Å²) in [5.41, 5.74) is 9.05. The Kier molecular flexibility index (Phi) is 3.28. The van der Waals surface area contributed by atoms with E-state index in [2.05, 4.69) is 9.97 Å². The summed E-state index contributed by atoms with van der Waals surface area (Å²) in [6.45, 7) is 5.81. The standard InChI is InChI=1S/C14H16FN3/c1-8(2)12-13(17-7-18-14(12)16)10-4-5-11(15)9(3)6-10/h4-8H,1-3H3,(H2,16,17,18). The second-order valence-corrected chi connectivity index (χ2v) is 4.64. The predicted molar refractivity (Wildman–Crippen MR) is 70.7 cm³/mol. The molecule has 1 aromatic carbocycles. The van der Waals surface area contributed by atoms with E-state index in [0.717, 1.165) is 16.8 Å². The number of hydrogen-bond acceptors (Lipinski definition) is 3. The lowest BCUT2D eigenvalue weighted by Gasteiger charge is -2.14. The number of nitrogens with zero attached hydrogens (tertiary/aromatic N) is 2. The highest BCUT2D eigenvalue weighted by Crippen LogP contribution is 2.31. The Morgan fingerprint density at radius 3 is 2.56 bits per heavy atom. The molecule has 0 amide bonds. The fourth-order valence-corrected chi connectivity index (χ4v) is 2.00. The maximum absolute atomic E-state index is 13.3. The summed E-state index contributed by atoms with van der Waals surface area (Å²) in [5.74, 6) is 0.482. The van der Waals surface area contributed by atoms with Crippen molar-refractivity contribution in [1.82, 2.24) is 9.97 Å². The summed E-state index contributed by atoms with van der Waals surface area (Å²) >= 11 is 0. The van der Waals surface area contributed by atoms with Crippen molar-refractivity contribution in [3.63, 3.8) is 0 Å². The zero-order valence-electron chi connectivity index (χ0n) is 10.7. The molecule has 0 saturated heterocycles. The van der Waals surface area contributed by atoms with Crippen LogP contribution in [0.1, 0.15) is 30.9 Å². The molecule has 1 heterocycles. The number of nitrogens with two attached hydrogens (primary N) is 1. The third kappa shape index (κ3) is 2.18. The fourth-order valence-electron chi connectivity index (χ4n) is 2.00. The number of aryl methyl sites for hydroxylation is 1. The van der Waals surface area contributed by atoms with Gasteiger partial charge in [-0.3, -0.25) is 0 Å². The monoisotopic (exact) mass is 245 g/mol. The molecule has 0 radical (unpaired) electrons. The van der Waals surface area contributed by atoms with Gasteiger partial charge in [-0.05, 0) is 36.6 Å². The van der Waals surface area contributed by atoms with Crippen molar-refractivity contribution >= 4 is 5.82 Å². The van der Waals surface area contributed by atoms with Crippen LogP contribution in [0.4, 0.5) is 10.2 Å². The van der Waals surface area contributed by atoms with Crippen molar-refractivity contribution in [1.29, 1.82) is 0 Å². The molecule has 3 nitrogen and oxygen atoms in total. The molecule has 0 aliphatic carbocycles. The van der Waals surface area contributed by atoms with E-state index in [-0.39, 0.29) is 11.7 Å². The Labute approximate surface area is 106 Å². The molecule has 94 valence electrons. The predicted octanol–water partition coefficient (Wildman–Crippen LogP) is 3.30. The maximum Gasteiger partial charge on any atom is 0.130 e. The van der Waals surface area contributed by atoms with Crippen LogP contribution in [0, 0.1) is 12.7 Å². The number of anilines is 1. The molecule has 18 heavy (non-hydrogen) atoms. The highest BCUT2D eigenvalue weighted by Gasteiger charge is 2.15. The molecule has 0 bridgehead atoms. The minimum Gasteiger partial charge on any atom is -0.383 e. The lowest BCUT2D eigenvalue weighted by atomic mass is 9.96. The summed E-state index contributed by atoms with van der Waals surface area (Å²) in [6, 6.07) is 4.95. The van der Waals surface area contributed by atoms with Gasteiger partial charge in [-0.25, -0.2) is 14.4 Å². The van der Waals surface area contributed by atoms with Crippen LogP contribution in [0.3, 0.4) is 0 Å². The first-order chi connectivity index (χ1) is 8.50. The van der Waals surface area contributed by atoms with Gasteiger partial charge in [0, 0.05) is 11.1 Å². The number of hydrogen-bond donors (Lipinski definition) is 1. The molecular weight excluding hydrogens is 229 g/mol. The van der Waals surface area contributed by atoms with Crippen LogP contribution in [-0.2, 0) is 0 Å². The van der Waals surface area contributed by atoms with E-state index in [9.17, 15) is 4.39 Å². The molecule has 0 aliphatic rings. The Hall–Kier alpha value is -1.97. The Bertz CT molecular complexity index is 579. The smallest absolute Gasteiger partial charge is 0.130 e. The van der Waals surface area contributed by atoms with E-state index in [1.807, 2.05) is 13.8 Å². The lowest BCUT2D eigenvalue weighted by Crippen LogP contribution is -2.04. The van der Waals surface area contributed by atoms with Crippen LogP contribution in [-0.4, -0.2) is 9.97 Å². The number of halogens is 1. The number of aromatic nitrogens is 2. The highest BCUT2D eigenvalue weighted by atomic mass is 19.1. The fraction of sp³-hybridized carbons (Fsp3) is 0.286. The average molecular weight is 245 g/mol. The second kappa shape index (κ2) is 4.72. The molecule has 2 N–H and O–H groups in total. The van der Waals surface area contributed by atoms with E-state index < -0.39 is 0 Å². The van der Waals surface area contributed by atoms with Gasteiger partial charge in [0.15, 0.2) is 0 Å². The summed E-state index contributed by atoms with van der Waals surface area (Å²) in [4.78, 5) is 8.31. The number of rotatable bonds is 2. The third-order valence-electron chi connectivity index (χ3n) is 2.92. The van der Waals surface area contributed by atoms with E-state index in [1.165, 1.54) is 12.4 Å². The zero-order valence-corrected chi connectivity index (χ0v) is 10.7. The first-order valence-electron chi connectivity index (χ1n) is 5.87. The highest BCUT2D eigenvalue weighted by molar-refractivity contribution is 5.68. The number of nitrogen functional groups attached to an aromatic ring is 1. The van der Waals surface area contributed by atoms with Crippen LogP contribution in [0.25, 0.3) is 11.3 Å². The summed E-state index contributed by atoms with van der Waals surface area (Å²) in [6.07, 6.45) is 1.44. The van der Waals surface area contributed by atoms with E-state index in [1.54, 1.807) is 19.1 Å². The van der Waals surface area contributed by atoms with Crippen LogP contribution in [0.15, 0.2) is 24.5 Å². The van der Waals surface area contributed by atoms with Crippen LogP contribution in [0.2, 0.25) is 0 Å². The van der Waals surface area contributed by atoms with Gasteiger partial charge in [0.25, 0.3) is 0 Å². The Morgan fingerprint density at radius 2 is 1.94 bits per heavy atom. The van der Waals surface area contributed by atoms with Crippen LogP contribution >= 0.6 is 0 Å². The van der Waals surface area contributed by atoms with Crippen LogP contribution in [0.5, 0.6) is 0 Å². The van der Waals surface area contributed by atoms with Crippen molar-refractivity contribution < 1.29 is 4.39 Å².